The van der Waals surface area contributed by atoms with E-state index in [4.69, 9.17) is 5.73 Å². The molecular weight excluding hydrogens is 484 g/mol. The van der Waals surface area contributed by atoms with Gasteiger partial charge in [0.25, 0.3) is 5.91 Å². The summed E-state index contributed by atoms with van der Waals surface area (Å²) < 4.78 is 33.0. The molecule has 3 radical (unpaired) electrons. The number of hydrogen-bond acceptors (Lipinski definition) is 5. The summed E-state index contributed by atoms with van der Waals surface area (Å²) in [5.74, 6) is 2.41. The third kappa shape index (κ3) is 3.76. The van der Waals surface area contributed by atoms with Crippen LogP contribution in [0.4, 0.5) is 14.6 Å². The number of aromatic nitrogens is 4. The smallest absolute Gasteiger partial charge is 0.255 e. The van der Waals surface area contributed by atoms with Gasteiger partial charge >= 0.3 is 0 Å². The van der Waals surface area contributed by atoms with Gasteiger partial charge in [-0.05, 0) is 37.3 Å². The number of primary amides is 1. The van der Waals surface area contributed by atoms with E-state index in [1.807, 2.05) is 0 Å². The molecule has 183 valence electrons. The molecule has 3 heterocycles. The Morgan fingerprint density at radius 2 is 2.08 bits per heavy atom. The lowest BCUT2D eigenvalue weighted by Gasteiger charge is -2.27. The van der Waals surface area contributed by atoms with E-state index >= 15 is 0 Å². The standard InChI is InChI=1S/C24H22F2N7O2Si/c1-3-17(34)31-9-8-24(36,11-31)33-23(28-2)18(22(27)35)15(30-33)7-4-13-10-16-21(20(26)19(13)25)32(12-29-16)14-5-6-14/h3,10,12,14,28H,1,5-6,8-9,11H2,2H3,(H2,27,35)/t24-/m1/s1. The second-order valence-electron chi connectivity index (χ2n) is 8.90. The third-order valence-corrected chi connectivity index (χ3v) is 7.12. The molecule has 0 unspecified atom stereocenters. The number of amides is 2. The Kier molecular flexibility index (Phi) is 5.67. The number of hydrogen-bond donors (Lipinski definition) is 2. The number of carbonyl (C=O) groups excluding carboxylic acids is 2. The molecule has 5 rings (SSSR count). The van der Waals surface area contributed by atoms with Gasteiger partial charge in [-0.15, -0.1) is 0 Å². The number of nitrogens with zero attached hydrogens (tertiary/aromatic N) is 5. The monoisotopic (exact) mass is 506 g/mol. The fourth-order valence-electron chi connectivity index (χ4n) is 4.54. The predicted octanol–water partition coefficient (Wildman–Crippen LogP) is 1.63. The average Bonchev–Trinajstić information content (AvgIpc) is 3.31. The van der Waals surface area contributed by atoms with Crippen LogP contribution in [0.25, 0.3) is 11.0 Å². The first-order valence-corrected chi connectivity index (χ1v) is 11.8. The Labute approximate surface area is 208 Å². The van der Waals surface area contributed by atoms with E-state index in [9.17, 15) is 18.4 Å². The van der Waals surface area contributed by atoms with Crippen LogP contribution in [0, 0.1) is 23.5 Å². The van der Waals surface area contributed by atoms with Crippen molar-refractivity contribution in [2.75, 3.05) is 25.5 Å². The molecule has 3 aromatic rings. The normalized spacial score (nSPS) is 19.3. The largest absolute Gasteiger partial charge is 0.373 e. The molecule has 9 nitrogen and oxygen atoms in total. The second-order valence-corrected chi connectivity index (χ2v) is 9.83. The van der Waals surface area contributed by atoms with Crippen LogP contribution in [0.3, 0.4) is 0 Å². The van der Waals surface area contributed by atoms with Gasteiger partial charge in [0.05, 0.1) is 32.8 Å². The van der Waals surface area contributed by atoms with E-state index in [0.717, 1.165) is 12.8 Å². The van der Waals surface area contributed by atoms with Crippen LogP contribution in [0.2, 0.25) is 0 Å². The number of benzene rings is 1. The van der Waals surface area contributed by atoms with E-state index in [1.54, 1.807) is 16.5 Å². The van der Waals surface area contributed by atoms with Crippen LogP contribution in [0.15, 0.2) is 25.0 Å². The van der Waals surface area contributed by atoms with E-state index in [1.165, 1.54) is 23.2 Å². The maximum Gasteiger partial charge on any atom is 0.255 e. The Balaban J connectivity index is 1.58. The van der Waals surface area contributed by atoms with Gasteiger partial charge < -0.3 is 20.5 Å². The molecule has 2 amide bonds. The molecule has 2 aliphatic rings. The predicted molar refractivity (Wildman–Crippen MR) is 129 cm³/mol. The molecular formula is C24H22F2N7O2Si. The number of likely N-dealkylation sites (tertiary alicyclic amines) is 1. The summed E-state index contributed by atoms with van der Waals surface area (Å²) in [6.45, 7) is 4.19. The van der Waals surface area contributed by atoms with E-state index < -0.39 is 22.7 Å². The average molecular weight is 507 g/mol. The van der Waals surface area contributed by atoms with Gasteiger partial charge in [0.1, 0.15) is 16.9 Å². The number of anilines is 1. The zero-order valence-corrected chi connectivity index (χ0v) is 20.4. The quantitative estimate of drug-likeness (QED) is 0.311. The lowest BCUT2D eigenvalue weighted by molar-refractivity contribution is -0.125. The summed E-state index contributed by atoms with van der Waals surface area (Å²) >= 11 is 0. The first-order chi connectivity index (χ1) is 17.2. The van der Waals surface area contributed by atoms with Crippen LogP contribution in [-0.4, -0.2) is 66.4 Å². The fourth-order valence-corrected chi connectivity index (χ4v) is 5.00. The minimum atomic E-state index is -1.10. The van der Waals surface area contributed by atoms with Gasteiger partial charge in [-0.3, -0.25) is 9.59 Å². The Morgan fingerprint density at radius 1 is 1.33 bits per heavy atom. The number of rotatable bonds is 5. The van der Waals surface area contributed by atoms with Gasteiger partial charge in [0.2, 0.25) is 5.91 Å². The summed E-state index contributed by atoms with van der Waals surface area (Å²) in [6, 6.07) is 1.51. The molecule has 3 N–H and O–H groups in total. The summed E-state index contributed by atoms with van der Waals surface area (Å²) in [5.41, 5.74) is 5.81. The van der Waals surface area contributed by atoms with Crippen molar-refractivity contribution in [3.63, 3.8) is 0 Å². The molecule has 12 heteroatoms. The summed E-state index contributed by atoms with van der Waals surface area (Å²) in [6.07, 6.45) is 5.00. The van der Waals surface area contributed by atoms with Crippen molar-refractivity contribution < 1.29 is 18.4 Å². The lowest BCUT2D eigenvalue weighted by atomic mass is 10.1. The number of nitrogens with two attached hydrogens (primary N) is 1. The zero-order chi connectivity index (χ0) is 25.8. The van der Waals surface area contributed by atoms with Crippen LogP contribution >= 0.6 is 0 Å². The van der Waals surface area contributed by atoms with E-state index in [2.05, 4.69) is 44.1 Å². The first-order valence-electron chi connectivity index (χ1n) is 11.3. The van der Waals surface area contributed by atoms with Crippen LogP contribution < -0.4 is 11.1 Å². The van der Waals surface area contributed by atoms with Gasteiger partial charge in [-0.2, -0.15) is 5.10 Å². The van der Waals surface area contributed by atoms with Crippen LogP contribution in [0.5, 0.6) is 0 Å². The van der Waals surface area contributed by atoms with Crippen molar-refractivity contribution in [1.82, 2.24) is 24.2 Å². The van der Waals surface area contributed by atoms with Crippen molar-refractivity contribution in [3.8, 4) is 11.8 Å². The van der Waals surface area contributed by atoms with Gasteiger partial charge in [-0.25, -0.2) is 18.4 Å². The Bertz CT molecular complexity index is 1500. The minimum absolute atomic E-state index is 0.00362. The molecule has 1 aromatic carbocycles. The highest BCUT2D eigenvalue weighted by molar-refractivity contribution is 6.15. The number of imidazole rings is 1. The number of fused-ring (bicyclic) bond motifs is 1. The van der Waals surface area contributed by atoms with E-state index in [0.29, 0.717) is 18.5 Å². The van der Waals surface area contributed by atoms with Gasteiger partial charge in [-0.1, -0.05) is 12.5 Å². The first kappa shape index (κ1) is 23.7. The molecule has 0 bridgehead atoms. The van der Waals surface area contributed by atoms with Crippen molar-refractivity contribution in [2.45, 2.75) is 30.5 Å². The van der Waals surface area contributed by atoms with Crippen molar-refractivity contribution in [3.05, 3.63) is 53.5 Å². The molecule has 36 heavy (non-hydrogen) atoms. The number of nitrogens with one attached hydrogen (secondary N) is 1. The number of halogens is 2. The van der Waals surface area contributed by atoms with E-state index in [-0.39, 0.29) is 46.6 Å². The summed E-state index contributed by atoms with van der Waals surface area (Å²) in [7, 11) is 5.31. The van der Waals surface area contributed by atoms with Gasteiger partial charge in [0.15, 0.2) is 17.3 Å². The summed E-state index contributed by atoms with van der Waals surface area (Å²) in [5, 5.41) is 6.54. The maximum atomic E-state index is 14.9. The highest BCUT2D eigenvalue weighted by atomic mass is 28.1. The lowest BCUT2D eigenvalue weighted by Crippen LogP contribution is -2.40. The molecule has 2 aromatic heterocycles. The molecule has 1 saturated heterocycles. The van der Waals surface area contributed by atoms with Gasteiger partial charge in [0, 0.05) is 26.2 Å². The third-order valence-electron chi connectivity index (χ3n) is 6.50. The maximum absolute atomic E-state index is 14.9. The minimum Gasteiger partial charge on any atom is -0.373 e. The molecule has 2 fully saturated rings. The molecule has 1 aliphatic heterocycles. The molecule has 1 saturated carbocycles. The number of carbonyl (C=O) groups is 2. The Hall–Kier alpha value is -3.98. The van der Waals surface area contributed by atoms with Crippen molar-refractivity contribution in [2.24, 2.45) is 5.73 Å². The zero-order valence-electron chi connectivity index (χ0n) is 19.4. The van der Waals surface area contributed by atoms with Crippen molar-refractivity contribution >= 4 is 38.9 Å². The van der Waals surface area contributed by atoms with Crippen molar-refractivity contribution in [1.29, 1.82) is 0 Å². The SMILES string of the molecule is C=CC(=O)N1CC[C@]([Si])(n2nc(C#Cc3cc4ncn(C5CC5)c4c(F)c3F)c(C(N)=O)c2NC)C1. The molecule has 1 aliphatic carbocycles. The highest BCUT2D eigenvalue weighted by Crippen LogP contribution is 2.38. The van der Waals surface area contributed by atoms with Crippen LogP contribution in [-0.2, 0) is 9.96 Å². The van der Waals surface area contributed by atoms with Crippen LogP contribution in [0.1, 0.15) is 46.9 Å². The Morgan fingerprint density at radius 3 is 2.72 bits per heavy atom. The highest BCUT2D eigenvalue weighted by Gasteiger charge is 2.40. The molecule has 1 atom stereocenters. The summed E-state index contributed by atoms with van der Waals surface area (Å²) in [4.78, 5) is 30.2. The second kappa shape index (κ2) is 8.60. The topological polar surface area (TPSA) is 111 Å². The molecule has 0 spiro atoms. The fraction of sp³-hybridized carbons (Fsp3) is 0.333.